The monoisotopic (exact) mass is 336 g/mol. The molecule has 20 heavy (non-hydrogen) atoms. The maximum Gasteiger partial charge on any atom is 0.0991 e. The van der Waals surface area contributed by atoms with Crippen LogP contribution in [-0.2, 0) is 4.74 Å². The molecule has 1 aliphatic rings. The average Bonchev–Trinajstić information content (AvgIpc) is 2.78. The molecule has 3 nitrogen and oxygen atoms in total. The number of hydrogen-bond donors (Lipinski definition) is 1. The first-order valence-corrected chi connectivity index (χ1v) is 8.69. The second-order valence-corrected chi connectivity index (χ2v) is 7.49. The molecule has 0 aliphatic carbocycles. The van der Waals surface area contributed by atoms with Crippen LogP contribution in [0.3, 0.4) is 0 Å². The normalized spacial score (nSPS) is 19.4. The molecular formula is C14H22Cl2N2OS. The first-order chi connectivity index (χ1) is 9.61. The topological polar surface area (TPSA) is 38.5 Å². The van der Waals surface area contributed by atoms with E-state index in [0.29, 0.717) is 18.7 Å². The number of hydrogen-bond acceptors (Lipinski definition) is 4. The molecule has 1 fully saturated rings. The van der Waals surface area contributed by atoms with Gasteiger partial charge in [0.2, 0.25) is 0 Å². The van der Waals surface area contributed by atoms with Crippen molar-refractivity contribution in [2.75, 3.05) is 26.2 Å². The van der Waals surface area contributed by atoms with Gasteiger partial charge in [-0.3, -0.25) is 4.90 Å². The van der Waals surface area contributed by atoms with Gasteiger partial charge in [0.1, 0.15) is 0 Å². The van der Waals surface area contributed by atoms with Gasteiger partial charge in [0, 0.05) is 31.3 Å². The highest BCUT2D eigenvalue weighted by atomic mass is 35.5. The molecule has 0 amide bonds. The molecule has 114 valence electrons. The predicted octanol–water partition coefficient (Wildman–Crippen LogP) is 3.95. The fraction of sp³-hybridized carbons (Fsp3) is 0.714. The number of nitrogens with two attached hydrogens (primary N) is 1. The maximum atomic E-state index is 6.24. The third-order valence-corrected chi connectivity index (χ3v) is 5.38. The van der Waals surface area contributed by atoms with Crippen molar-refractivity contribution in [3.8, 4) is 0 Å². The van der Waals surface area contributed by atoms with Crippen molar-refractivity contribution >= 4 is 34.5 Å². The largest absolute Gasteiger partial charge is 0.378 e. The highest BCUT2D eigenvalue weighted by Crippen LogP contribution is 2.37. The number of halogens is 2. The minimum atomic E-state index is 0.316. The fourth-order valence-corrected chi connectivity index (χ4v) is 4.23. The molecular weight excluding hydrogens is 315 g/mol. The zero-order chi connectivity index (χ0) is 14.5. The van der Waals surface area contributed by atoms with Gasteiger partial charge in [0.05, 0.1) is 14.8 Å². The van der Waals surface area contributed by atoms with Gasteiger partial charge in [0.15, 0.2) is 0 Å². The molecule has 1 unspecified atom stereocenters. The van der Waals surface area contributed by atoms with E-state index in [1.165, 1.54) is 11.3 Å². The van der Waals surface area contributed by atoms with Crippen molar-refractivity contribution < 1.29 is 4.74 Å². The van der Waals surface area contributed by atoms with E-state index in [1.807, 2.05) is 6.07 Å². The number of likely N-dealkylation sites (tertiary alicyclic amines) is 1. The van der Waals surface area contributed by atoms with E-state index in [0.717, 1.165) is 53.2 Å². The van der Waals surface area contributed by atoms with Gasteiger partial charge >= 0.3 is 0 Å². The van der Waals surface area contributed by atoms with Gasteiger partial charge in [0.25, 0.3) is 0 Å². The van der Waals surface area contributed by atoms with Crippen LogP contribution in [0.25, 0.3) is 0 Å². The summed E-state index contributed by atoms with van der Waals surface area (Å²) in [5, 5.41) is 0. The van der Waals surface area contributed by atoms with Crippen molar-refractivity contribution in [1.82, 2.24) is 4.90 Å². The lowest BCUT2D eigenvalue weighted by Gasteiger charge is -2.36. The zero-order valence-electron chi connectivity index (χ0n) is 11.8. The molecule has 1 atom stereocenters. The lowest BCUT2D eigenvalue weighted by atomic mass is 10.0. The standard InChI is InChI=1S/C14H22Cl2N2OS/c1-10(12-9-13(15)20-14(12)16)18-6-3-11(4-7-18)19-8-2-5-17/h9-11H,2-8,17H2,1H3. The van der Waals surface area contributed by atoms with E-state index in [-0.39, 0.29) is 0 Å². The summed E-state index contributed by atoms with van der Waals surface area (Å²) < 4.78 is 7.40. The van der Waals surface area contributed by atoms with Crippen LogP contribution >= 0.6 is 34.5 Å². The van der Waals surface area contributed by atoms with E-state index < -0.39 is 0 Å². The van der Waals surface area contributed by atoms with Gasteiger partial charge in [-0.05, 0) is 38.8 Å². The highest BCUT2D eigenvalue weighted by Gasteiger charge is 2.25. The van der Waals surface area contributed by atoms with Gasteiger partial charge in [-0.25, -0.2) is 0 Å². The third kappa shape index (κ3) is 4.33. The summed E-state index contributed by atoms with van der Waals surface area (Å²) in [6.07, 6.45) is 3.47. The minimum absolute atomic E-state index is 0.316. The fourth-order valence-electron chi connectivity index (χ4n) is 2.60. The van der Waals surface area contributed by atoms with E-state index >= 15 is 0 Å². The maximum absolute atomic E-state index is 6.24. The first-order valence-electron chi connectivity index (χ1n) is 7.12. The third-order valence-electron chi connectivity index (χ3n) is 3.86. The van der Waals surface area contributed by atoms with Gasteiger partial charge < -0.3 is 10.5 Å². The van der Waals surface area contributed by atoms with Crippen LogP contribution in [0, 0.1) is 0 Å². The summed E-state index contributed by atoms with van der Waals surface area (Å²) in [5.41, 5.74) is 6.62. The Labute approximate surface area is 135 Å². The summed E-state index contributed by atoms with van der Waals surface area (Å²) in [6.45, 7) is 5.76. The van der Waals surface area contributed by atoms with Crippen LogP contribution < -0.4 is 5.73 Å². The molecule has 1 aromatic heterocycles. The molecule has 0 saturated carbocycles. The molecule has 1 aromatic rings. The Morgan fingerprint density at radius 3 is 2.70 bits per heavy atom. The summed E-state index contributed by atoms with van der Waals surface area (Å²) in [7, 11) is 0. The number of nitrogens with zero attached hydrogens (tertiary/aromatic N) is 1. The number of piperidine rings is 1. The van der Waals surface area contributed by atoms with Crippen LogP contribution in [-0.4, -0.2) is 37.2 Å². The van der Waals surface area contributed by atoms with Crippen molar-refractivity contribution in [3.63, 3.8) is 0 Å². The van der Waals surface area contributed by atoms with Crippen molar-refractivity contribution in [2.24, 2.45) is 5.73 Å². The SMILES string of the molecule is CC(c1cc(Cl)sc1Cl)N1CCC(OCCCN)CC1. The summed E-state index contributed by atoms with van der Waals surface area (Å²) in [6, 6.07) is 2.31. The van der Waals surface area contributed by atoms with Crippen molar-refractivity contribution in [1.29, 1.82) is 0 Å². The second kappa shape index (κ2) is 7.97. The Hall–Kier alpha value is 0.160. The number of ether oxygens (including phenoxy) is 1. The molecule has 6 heteroatoms. The molecule has 1 aliphatic heterocycles. The predicted molar refractivity (Wildman–Crippen MR) is 87.0 cm³/mol. The zero-order valence-corrected chi connectivity index (χ0v) is 14.1. The minimum Gasteiger partial charge on any atom is -0.378 e. The molecule has 2 N–H and O–H groups in total. The van der Waals surface area contributed by atoms with Gasteiger partial charge in [-0.15, -0.1) is 11.3 Å². The number of thiophene rings is 1. The summed E-state index contributed by atoms with van der Waals surface area (Å²) >= 11 is 13.7. The summed E-state index contributed by atoms with van der Waals surface area (Å²) in [5.74, 6) is 0. The van der Waals surface area contributed by atoms with Crippen LogP contribution in [0.15, 0.2) is 6.07 Å². The Morgan fingerprint density at radius 2 is 2.15 bits per heavy atom. The van der Waals surface area contributed by atoms with Gasteiger partial charge in [-0.1, -0.05) is 23.2 Å². The molecule has 2 rings (SSSR count). The Kier molecular flexibility index (Phi) is 6.59. The van der Waals surface area contributed by atoms with Crippen molar-refractivity contribution in [3.05, 3.63) is 20.3 Å². The molecule has 0 radical (unpaired) electrons. The van der Waals surface area contributed by atoms with E-state index in [9.17, 15) is 0 Å². The first kappa shape index (κ1) is 16.5. The number of rotatable bonds is 6. The highest BCUT2D eigenvalue weighted by molar-refractivity contribution is 7.20. The Bertz CT molecular complexity index is 419. The average molecular weight is 337 g/mol. The quantitative estimate of drug-likeness (QED) is 0.799. The molecule has 1 saturated heterocycles. The van der Waals surface area contributed by atoms with Crippen LogP contribution in [0.2, 0.25) is 8.67 Å². The lowest BCUT2D eigenvalue weighted by molar-refractivity contribution is -0.000702. The Balaban J connectivity index is 1.82. The molecule has 0 spiro atoms. The summed E-state index contributed by atoms with van der Waals surface area (Å²) in [4.78, 5) is 2.45. The van der Waals surface area contributed by atoms with Crippen LogP contribution in [0.1, 0.15) is 37.8 Å². The van der Waals surface area contributed by atoms with E-state index in [2.05, 4.69) is 11.8 Å². The van der Waals surface area contributed by atoms with Crippen LogP contribution in [0.4, 0.5) is 0 Å². The Morgan fingerprint density at radius 1 is 1.45 bits per heavy atom. The van der Waals surface area contributed by atoms with E-state index in [1.54, 1.807) is 0 Å². The molecule has 0 bridgehead atoms. The lowest BCUT2D eigenvalue weighted by Crippen LogP contribution is -2.38. The molecule has 2 heterocycles. The van der Waals surface area contributed by atoms with Crippen molar-refractivity contribution in [2.45, 2.75) is 38.3 Å². The van der Waals surface area contributed by atoms with E-state index in [4.69, 9.17) is 33.7 Å². The second-order valence-electron chi connectivity index (χ2n) is 5.20. The van der Waals surface area contributed by atoms with Crippen LogP contribution in [0.5, 0.6) is 0 Å². The molecule has 0 aromatic carbocycles. The smallest absolute Gasteiger partial charge is 0.0991 e. The van der Waals surface area contributed by atoms with Gasteiger partial charge in [-0.2, -0.15) is 0 Å².